The molecule has 0 saturated heterocycles. The molecule has 0 atom stereocenters. The number of anilines is 1. The molecule has 0 aliphatic heterocycles. The smallest absolute Gasteiger partial charge is 0.158 e. The topological polar surface area (TPSA) is 56.7 Å². The first-order chi connectivity index (χ1) is 6.27. The van der Waals surface area contributed by atoms with Crippen LogP contribution in [0.25, 0.3) is 11.5 Å². The highest BCUT2D eigenvalue weighted by molar-refractivity contribution is 5.85. The summed E-state index contributed by atoms with van der Waals surface area (Å²) in [6.07, 6.45) is 3.61. The first-order valence-electron chi connectivity index (χ1n) is 3.97. The van der Waals surface area contributed by atoms with Gasteiger partial charge < -0.3 is 10.3 Å². The summed E-state index contributed by atoms with van der Waals surface area (Å²) >= 11 is 0. The number of rotatable bonds is 1. The van der Waals surface area contributed by atoms with Crippen LogP contribution < -0.4 is 5.73 Å². The zero-order chi connectivity index (χ0) is 9.26. The van der Waals surface area contributed by atoms with E-state index in [0.717, 1.165) is 11.5 Å². The van der Waals surface area contributed by atoms with Gasteiger partial charge in [-0.1, -0.05) is 6.07 Å². The average Bonchev–Trinajstić information content (AvgIpc) is 2.51. The molecule has 0 saturated carbocycles. The number of halogens is 1. The van der Waals surface area contributed by atoms with Crippen LogP contribution in [-0.4, -0.2) is 14.5 Å². The van der Waals surface area contributed by atoms with E-state index in [2.05, 4.69) is 9.97 Å². The van der Waals surface area contributed by atoms with Gasteiger partial charge in [0.1, 0.15) is 11.5 Å². The van der Waals surface area contributed by atoms with Gasteiger partial charge in [-0.25, -0.2) is 9.97 Å². The summed E-state index contributed by atoms with van der Waals surface area (Å²) in [7, 11) is 1.92. The summed E-state index contributed by atoms with van der Waals surface area (Å²) in [5, 5.41) is 0. The van der Waals surface area contributed by atoms with E-state index in [1.807, 2.05) is 29.9 Å². The van der Waals surface area contributed by atoms with Gasteiger partial charge in [0.15, 0.2) is 5.82 Å². The Balaban J connectivity index is 0.000000980. The van der Waals surface area contributed by atoms with E-state index in [1.165, 1.54) is 0 Å². The Morgan fingerprint density at radius 1 is 1.36 bits per heavy atom. The molecule has 2 aromatic rings. The highest BCUT2D eigenvalue weighted by atomic mass is 35.5. The molecular weight excluding hydrogens is 200 g/mol. The van der Waals surface area contributed by atoms with E-state index in [9.17, 15) is 0 Å². The first kappa shape index (κ1) is 10.5. The van der Waals surface area contributed by atoms with Gasteiger partial charge >= 0.3 is 0 Å². The standard InChI is InChI=1S/C9H10N4.ClH/c1-13-6-5-11-9(13)7-3-2-4-8(10)12-7;/h2-6H,1H3,(H2,10,12);1H. The SMILES string of the molecule is Cl.Cn1ccnc1-c1cccc(N)n1. The Hall–Kier alpha value is -1.55. The van der Waals surface area contributed by atoms with Gasteiger partial charge in [0.25, 0.3) is 0 Å². The zero-order valence-electron chi connectivity index (χ0n) is 7.71. The van der Waals surface area contributed by atoms with E-state index < -0.39 is 0 Å². The van der Waals surface area contributed by atoms with Crippen molar-refractivity contribution in [1.82, 2.24) is 14.5 Å². The second-order valence-corrected chi connectivity index (χ2v) is 2.81. The van der Waals surface area contributed by atoms with Crippen molar-refractivity contribution in [2.75, 3.05) is 5.73 Å². The van der Waals surface area contributed by atoms with E-state index in [1.54, 1.807) is 12.3 Å². The predicted molar refractivity (Wildman–Crippen MR) is 58.1 cm³/mol. The number of nitrogens with two attached hydrogens (primary N) is 1. The molecule has 2 heterocycles. The molecule has 0 aliphatic rings. The second-order valence-electron chi connectivity index (χ2n) is 2.81. The second kappa shape index (κ2) is 4.11. The fraction of sp³-hybridized carbons (Fsp3) is 0.111. The van der Waals surface area contributed by atoms with Crippen LogP contribution in [-0.2, 0) is 7.05 Å². The van der Waals surface area contributed by atoms with Gasteiger partial charge in [-0.3, -0.25) is 0 Å². The van der Waals surface area contributed by atoms with Gasteiger partial charge in [0, 0.05) is 19.4 Å². The maximum Gasteiger partial charge on any atom is 0.158 e. The zero-order valence-corrected chi connectivity index (χ0v) is 8.53. The minimum Gasteiger partial charge on any atom is -0.384 e. The van der Waals surface area contributed by atoms with Crippen molar-refractivity contribution >= 4 is 18.2 Å². The Bertz CT molecular complexity index is 424. The summed E-state index contributed by atoms with van der Waals surface area (Å²) in [6.45, 7) is 0. The number of nitrogens with zero attached hydrogens (tertiary/aromatic N) is 3. The third-order valence-corrected chi connectivity index (χ3v) is 1.82. The predicted octanol–water partition coefficient (Wildman–Crippen LogP) is 1.49. The summed E-state index contributed by atoms with van der Waals surface area (Å²) in [4.78, 5) is 8.34. The highest BCUT2D eigenvalue weighted by Crippen LogP contribution is 2.14. The fourth-order valence-corrected chi connectivity index (χ4v) is 1.19. The monoisotopic (exact) mass is 210 g/mol. The largest absolute Gasteiger partial charge is 0.384 e. The molecule has 4 nitrogen and oxygen atoms in total. The van der Waals surface area contributed by atoms with Crippen molar-refractivity contribution < 1.29 is 0 Å². The number of hydrogen-bond donors (Lipinski definition) is 1. The summed E-state index contributed by atoms with van der Waals surface area (Å²) < 4.78 is 1.90. The van der Waals surface area contributed by atoms with Gasteiger partial charge in [-0.15, -0.1) is 12.4 Å². The van der Waals surface area contributed by atoms with Gasteiger partial charge in [-0.2, -0.15) is 0 Å². The molecule has 2 rings (SSSR count). The summed E-state index contributed by atoms with van der Waals surface area (Å²) in [5.74, 6) is 1.34. The third-order valence-electron chi connectivity index (χ3n) is 1.82. The minimum absolute atomic E-state index is 0. The van der Waals surface area contributed by atoms with Crippen LogP contribution in [0.2, 0.25) is 0 Å². The molecule has 2 N–H and O–H groups in total. The van der Waals surface area contributed by atoms with Gasteiger partial charge in [-0.05, 0) is 12.1 Å². The maximum atomic E-state index is 5.57. The maximum absolute atomic E-state index is 5.57. The van der Waals surface area contributed by atoms with E-state index in [4.69, 9.17) is 5.73 Å². The number of imidazole rings is 1. The van der Waals surface area contributed by atoms with Gasteiger partial charge in [0.2, 0.25) is 0 Å². The number of hydrogen-bond acceptors (Lipinski definition) is 3. The normalized spacial score (nSPS) is 9.50. The molecular formula is C9H11ClN4. The van der Waals surface area contributed by atoms with Crippen LogP contribution in [0.1, 0.15) is 0 Å². The molecule has 2 aromatic heterocycles. The quantitative estimate of drug-likeness (QED) is 0.776. The number of aryl methyl sites for hydroxylation is 1. The van der Waals surface area contributed by atoms with Crippen LogP contribution in [0.5, 0.6) is 0 Å². The van der Waals surface area contributed by atoms with Crippen LogP contribution in [0, 0.1) is 0 Å². The van der Waals surface area contributed by atoms with Crippen molar-refractivity contribution in [2.24, 2.45) is 7.05 Å². The molecule has 0 aromatic carbocycles. The Morgan fingerprint density at radius 3 is 2.71 bits per heavy atom. The summed E-state index contributed by atoms with van der Waals surface area (Å²) in [6, 6.07) is 5.51. The van der Waals surface area contributed by atoms with E-state index in [-0.39, 0.29) is 12.4 Å². The van der Waals surface area contributed by atoms with Crippen molar-refractivity contribution in [3.8, 4) is 11.5 Å². The van der Waals surface area contributed by atoms with Crippen molar-refractivity contribution in [3.63, 3.8) is 0 Å². The minimum atomic E-state index is 0. The van der Waals surface area contributed by atoms with Gasteiger partial charge in [0.05, 0.1) is 0 Å². The van der Waals surface area contributed by atoms with Crippen molar-refractivity contribution in [3.05, 3.63) is 30.6 Å². The molecule has 0 fully saturated rings. The molecule has 0 amide bonds. The lowest BCUT2D eigenvalue weighted by Crippen LogP contribution is -1.96. The molecule has 14 heavy (non-hydrogen) atoms. The van der Waals surface area contributed by atoms with Crippen molar-refractivity contribution in [1.29, 1.82) is 0 Å². The van der Waals surface area contributed by atoms with E-state index in [0.29, 0.717) is 5.82 Å². The van der Waals surface area contributed by atoms with E-state index >= 15 is 0 Å². The van der Waals surface area contributed by atoms with Crippen LogP contribution in [0.4, 0.5) is 5.82 Å². The molecule has 0 radical (unpaired) electrons. The van der Waals surface area contributed by atoms with Crippen LogP contribution in [0.15, 0.2) is 30.6 Å². The number of pyridine rings is 1. The number of aromatic nitrogens is 3. The third kappa shape index (κ3) is 1.85. The fourth-order valence-electron chi connectivity index (χ4n) is 1.19. The Labute approximate surface area is 88.2 Å². The average molecular weight is 211 g/mol. The molecule has 5 heteroatoms. The van der Waals surface area contributed by atoms with Crippen LogP contribution in [0.3, 0.4) is 0 Å². The Kier molecular flexibility index (Phi) is 3.09. The molecule has 0 aliphatic carbocycles. The lowest BCUT2D eigenvalue weighted by atomic mass is 10.3. The molecule has 0 spiro atoms. The molecule has 74 valence electrons. The molecule has 0 bridgehead atoms. The van der Waals surface area contributed by atoms with Crippen molar-refractivity contribution in [2.45, 2.75) is 0 Å². The highest BCUT2D eigenvalue weighted by Gasteiger charge is 2.03. The lowest BCUT2D eigenvalue weighted by molar-refractivity contribution is 0.918. The lowest BCUT2D eigenvalue weighted by Gasteiger charge is -2.00. The molecule has 0 unspecified atom stereocenters. The first-order valence-corrected chi connectivity index (χ1v) is 3.97. The Morgan fingerprint density at radius 2 is 2.14 bits per heavy atom. The number of nitrogen functional groups attached to an aromatic ring is 1. The van der Waals surface area contributed by atoms with Crippen LogP contribution >= 0.6 is 12.4 Å². The summed E-state index contributed by atoms with van der Waals surface area (Å²) in [5.41, 5.74) is 6.37.